The van der Waals surface area contributed by atoms with Crippen LogP contribution in [-0.4, -0.2) is 81.8 Å². The van der Waals surface area contributed by atoms with Gasteiger partial charge in [0.25, 0.3) is 0 Å². The summed E-state index contributed by atoms with van der Waals surface area (Å²) in [4.78, 5) is 2.27. The molecule has 7 heteroatoms. The van der Waals surface area contributed by atoms with E-state index in [2.05, 4.69) is 40.0 Å². The molecule has 21 heavy (non-hydrogen) atoms. The maximum atomic E-state index is 6.24. The molecule has 0 aromatic rings. The molecule has 7 nitrogen and oxygen atoms in total. The van der Waals surface area contributed by atoms with Gasteiger partial charge in [-0.2, -0.15) is 0 Å². The predicted octanol–water partition coefficient (Wildman–Crippen LogP) is -1.92. The Morgan fingerprint density at radius 3 is 2.48 bits per heavy atom. The SMILES string of the molecule is CC1(N)CNCCN(COCNC2(C)CNCCNC2)C1. The van der Waals surface area contributed by atoms with Crippen molar-refractivity contribution in [1.82, 2.24) is 26.2 Å². The molecule has 0 amide bonds. The molecule has 2 saturated heterocycles. The first-order valence-corrected chi connectivity index (χ1v) is 7.95. The highest BCUT2D eigenvalue weighted by Crippen LogP contribution is 2.06. The molecule has 0 aromatic heterocycles. The largest absolute Gasteiger partial charge is 0.351 e. The van der Waals surface area contributed by atoms with Crippen LogP contribution in [0.5, 0.6) is 0 Å². The third-order valence-electron chi connectivity index (χ3n) is 4.10. The van der Waals surface area contributed by atoms with Crippen LogP contribution in [0.15, 0.2) is 0 Å². The van der Waals surface area contributed by atoms with Gasteiger partial charge in [0.1, 0.15) is 6.73 Å². The van der Waals surface area contributed by atoms with Gasteiger partial charge in [0.15, 0.2) is 0 Å². The van der Waals surface area contributed by atoms with Gasteiger partial charge >= 0.3 is 0 Å². The second-order valence-corrected chi connectivity index (χ2v) is 6.95. The van der Waals surface area contributed by atoms with Gasteiger partial charge in [0, 0.05) is 63.4 Å². The highest BCUT2D eigenvalue weighted by Gasteiger charge is 2.26. The topological polar surface area (TPSA) is 86.6 Å². The summed E-state index contributed by atoms with van der Waals surface area (Å²) in [6.07, 6.45) is 0. The summed E-state index contributed by atoms with van der Waals surface area (Å²) in [5.41, 5.74) is 6.09. The number of rotatable bonds is 5. The Morgan fingerprint density at radius 2 is 1.76 bits per heavy atom. The third-order valence-corrected chi connectivity index (χ3v) is 4.10. The first-order valence-electron chi connectivity index (χ1n) is 7.95. The van der Waals surface area contributed by atoms with E-state index in [9.17, 15) is 0 Å². The first kappa shape index (κ1) is 17.1. The maximum Gasteiger partial charge on any atom is 0.101 e. The Balaban J connectivity index is 1.66. The molecule has 1 atom stereocenters. The molecule has 2 aliphatic rings. The average molecular weight is 300 g/mol. The smallest absolute Gasteiger partial charge is 0.101 e. The van der Waals surface area contributed by atoms with Gasteiger partial charge in [-0.15, -0.1) is 0 Å². The molecular weight excluding hydrogens is 268 g/mol. The van der Waals surface area contributed by atoms with Gasteiger partial charge < -0.3 is 26.4 Å². The Kier molecular flexibility index (Phi) is 6.36. The first-order chi connectivity index (χ1) is 9.99. The van der Waals surface area contributed by atoms with Crippen molar-refractivity contribution >= 4 is 0 Å². The summed E-state index contributed by atoms with van der Waals surface area (Å²) < 4.78 is 5.81. The molecule has 0 radical (unpaired) electrons. The van der Waals surface area contributed by atoms with Crippen LogP contribution in [0.4, 0.5) is 0 Å². The Bertz CT molecular complexity index is 304. The van der Waals surface area contributed by atoms with Crippen LogP contribution in [0.1, 0.15) is 13.8 Å². The van der Waals surface area contributed by atoms with Crippen molar-refractivity contribution in [3.05, 3.63) is 0 Å². The zero-order chi connectivity index (χ0) is 15.2. The van der Waals surface area contributed by atoms with Crippen LogP contribution in [0.3, 0.4) is 0 Å². The summed E-state index contributed by atoms with van der Waals surface area (Å²) in [6.45, 7) is 13.1. The summed E-state index contributed by atoms with van der Waals surface area (Å²) in [5.74, 6) is 0. The fourth-order valence-corrected chi connectivity index (χ4v) is 2.86. The summed E-state index contributed by atoms with van der Waals surface area (Å²) in [6, 6.07) is 0. The van der Waals surface area contributed by atoms with Gasteiger partial charge in [-0.05, 0) is 13.8 Å². The molecule has 0 spiro atoms. The summed E-state index contributed by atoms with van der Waals surface area (Å²) in [7, 11) is 0. The van der Waals surface area contributed by atoms with Gasteiger partial charge in [0.05, 0.1) is 6.73 Å². The van der Waals surface area contributed by atoms with Crippen molar-refractivity contribution in [2.45, 2.75) is 24.9 Å². The lowest BCUT2D eigenvalue weighted by atomic mass is 10.0. The predicted molar refractivity (Wildman–Crippen MR) is 85.1 cm³/mol. The van der Waals surface area contributed by atoms with Crippen LogP contribution in [0, 0.1) is 0 Å². The fraction of sp³-hybridized carbons (Fsp3) is 1.00. The van der Waals surface area contributed by atoms with Crippen molar-refractivity contribution in [2.24, 2.45) is 5.73 Å². The standard InChI is InChI=1S/C14H32N6O/c1-13(15)7-18-5-6-20(10-13)12-21-11-19-14(2)8-16-3-4-17-9-14/h16-19H,3-12,15H2,1-2H3. The third kappa shape index (κ3) is 6.15. The lowest BCUT2D eigenvalue weighted by molar-refractivity contribution is 0.00600. The van der Waals surface area contributed by atoms with Gasteiger partial charge in [0.2, 0.25) is 0 Å². The molecule has 124 valence electrons. The molecule has 0 aromatic carbocycles. The number of nitrogens with two attached hydrogens (primary N) is 1. The van der Waals surface area contributed by atoms with Crippen LogP contribution in [0.2, 0.25) is 0 Å². The maximum absolute atomic E-state index is 6.24. The normalized spacial score (nSPS) is 31.6. The van der Waals surface area contributed by atoms with Crippen LogP contribution in [-0.2, 0) is 4.74 Å². The monoisotopic (exact) mass is 300 g/mol. The van der Waals surface area contributed by atoms with Crippen molar-refractivity contribution in [3.63, 3.8) is 0 Å². The molecule has 6 N–H and O–H groups in total. The highest BCUT2D eigenvalue weighted by atomic mass is 16.5. The number of hydrogen-bond acceptors (Lipinski definition) is 7. The highest BCUT2D eigenvalue weighted by molar-refractivity contribution is 4.89. The molecule has 2 heterocycles. The van der Waals surface area contributed by atoms with E-state index in [1.165, 1.54) is 0 Å². The van der Waals surface area contributed by atoms with Gasteiger partial charge in [-0.3, -0.25) is 10.2 Å². The minimum absolute atomic E-state index is 0.0409. The van der Waals surface area contributed by atoms with Crippen molar-refractivity contribution in [1.29, 1.82) is 0 Å². The Labute approximate surface area is 128 Å². The molecule has 2 fully saturated rings. The van der Waals surface area contributed by atoms with Crippen molar-refractivity contribution in [2.75, 3.05) is 65.8 Å². The second-order valence-electron chi connectivity index (χ2n) is 6.95. The minimum atomic E-state index is -0.186. The van der Waals surface area contributed by atoms with E-state index in [0.29, 0.717) is 13.5 Å². The number of nitrogens with zero attached hydrogens (tertiary/aromatic N) is 1. The van der Waals surface area contributed by atoms with E-state index >= 15 is 0 Å². The molecule has 0 saturated carbocycles. The number of hydrogen-bond donors (Lipinski definition) is 5. The summed E-state index contributed by atoms with van der Waals surface area (Å²) in [5, 5.41) is 13.7. The van der Waals surface area contributed by atoms with Crippen LogP contribution in [0.25, 0.3) is 0 Å². The van der Waals surface area contributed by atoms with E-state index in [1.54, 1.807) is 0 Å². The molecule has 0 aliphatic carbocycles. The van der Waals surface area contributed by atoms with Crippen LogP contribution < -0.4 is 27.0 Å². The van der Waals surface area contributed by atoms with E-state index in [1.807, 2.05) is 0 Å². The minimum Gasteiger partial charge on any atom is -0.351 e. The quantitative estimate of drug-likeness (QED) is 0.299. The molecule has 2 rings (SSSR count). The van der Waals surface area contributed by atoms with E-state index in [4.69, 9.17) is 10.5 Å². The fourth-order valence-electron chi connectivity index (χ4n) is 2.86. The Hall–Kier alpha value is -0.280. The zero-order valence-corrected chi connectivity index (χ0v) is 13.5. The molecule has 0 bridgehead atoms. The molecule has 2 aliphatic heterocycles. The van der Waals surface area contributed by atoms with Gasteiger partial charge in [-0.1, -0.05) is 0 Å². The lowest BCUT2D eigenvalue weighted by Gasteiger charge is -2.31. The Morgan fingerprint density at radius 1 is 1.10 bits per heavy atom. The number of ether oxygens (including phenoxy) is 1. The van der Waals surface area contributed by atoms with Crippen molar-refractivity contribution < 1.29 is 4.74 Å². The molecular formula is C14H32N6O. The zero-order valence-electron chi connectivity index (χ0n) is 13.5. The van der Waals surface area contributed by atoms with Crippen molar-refractivity contribution in [3.8, 4) is 0 Å². The van der Waals surface area contributed by atoms with Gasteiger partial charge in [-0.25, -0.2) is 0 Å². The van der Waals surface area contributed by atoms with Crippen LogP contribution >= 0.6 is 0 Å². The lowest BCUT2D eigenvalue weighted by Crippen LogP contribution is -2.55. The second kappa shape index (κ2) is 7.82. The van der Waals surface area contributed by atoms with E-state index < -0.39 is 0 Å². The molecule has 1 unspecified atom stereocenters. The number of nitrogens with one attached hydrogen (secondary N) is 4. The van der Waals surface area contributed by atoms with E-state index in [-0.39, 0.29) is 11.1 Å². The summed E-state index contributed by atoms with van der Waals surface area (Å²) >= 11 is 0. The average Bonchev–Trinajstić information content (AvgIpc) is 2.73. The van der Waals surface area contributed by atoms with E-state index in [0.717, 1.165) is 52.4 Å².